The van der Waals surface area contributed by atoms with Crippen molar-refractivity contribution in [2.45, 2.75) is 24.0 Å². The Balaban J connectivity index is 0.000000616. The molecule has 1 saturated heterocycles. The van der Waals surface area contributed by atoms with Crippen molar-refractivity contribution in [3.63, 3.8) is 0 Å². The first-order valence-corrected chi connectivity index (χ1v) is 13.9. The zero-order chi connectivity index (χ0) is 30.9. The maximum Gasteiger partial charge on any atom is 0.490 e. The van der Waals surface area contributed by atoms with Crippen LogP contribution in [0.2, 0.25) is 0 Å². The first-order chi connectivity index (χ1) is 19.8. The summed E-state index contributed by atoms with van der Waals surface area (Å²) in [6, 6.07) is 18.1. The fraction of sp³-hybridized carbons (Fsp3) is 0.296. The van der Waals surface area contributed by atoms with Gasteiger partial charge in [-0.1, -0.05) is 30.3 Å². The molecule has 226 valence electrons. The lowest BCUT2D eigenvalue weighted by Gasteiger charge is -2.17. The topological polar surface area (TPSA) is 147 Å². The Hall–Kier alpha value is -4.21. The SMILES string of the molecule is CONN=Cc1cccc(CN2CC[C@@H](CNS(=O)(=O)c3ccc4cc(OC)ccc4c3)C2=O)c1.O=C(O)C(F)(F)F. The second-order valence-electron chi connectivity index (χ2n) is 9.07. The van der Waals surface area contributed by atoms with E-state index in [2.05, 4.69) is 20.3 Å². The van der Waals surface area contributed by atoms with Crippen LogP contribution in [0.5, 0.6) is 5.75 Å². The number of methoxy groups -OCH3 is 1. The Kier molecular flexibility index (Phi) is 10.9. The third-order valence-electron chi connectivity index (χ3n) is 6.18. The molecule has 1 aliphatic rings. The molecule has 0 bridgehead atoms. The van der Waals surface area contributed by atoms with E-state index in [0.717, 1.165) is 21.9 Å². The Morgan fingerprint density at radius 2 is 1.81 bits per heavy atom. The Morgan fingerprint density at radius 1 is 1.12 bits per heavy atom. The number of carbonyl (C=O) groups excluding carboxylic acids is 1. The van der Waals surface area contributed by atoms with Crippen LogP contribution in [0, 0.1) is 5.92 Å². The van der Waals surface area contributed by atoms with E-state index in [1.165, 1.54) is 7.11 Å². The van der Waals surface area contributed by atoms with Crippen molar-refractivity contribution in [2.75, 3.05) is 27.3 Å². The molecule has 0 aliphatic carbocycles. The maximum absolute atomic E-state index is 12.9. The summed E-state index contributed by atoms with van der Waals surface area (Å²) in [7, 11) is -0.692. The molecular formula is C27H29F3N4O7S. The highest BCUT2D eigenvalue weighted by atomic mass is 32.2. The number of hydrogen-bond donors (Lipinski definition) is 3. The van der Waals surface area contributed by atoms with Gasteiger partial charge < -0.3 is 14.7 Å². The number of benzene rings is 3. The van der Waals surface area contributed by atoms with Crippen LogP contribution >= 0.6 is 0 Å². The van der Waals surface area contributed by atoms with Crippen molar-refractivity contribution in [2.24, 2.45) is 11.0 Å². The van der Waals surface area contributed by atoms with Crippen molar-refractivity contribution in [3.8, 4) is 5.75 Å². The molecule has 1 amide bonds. The van der Waals surface area contributed by atoms with Gasteiger partial charge >= 0.3 is 12.1 Å². The third-order valence-corrected chi connectivity index (χ3v) is 7.60. The minimum Gasteiger partial charge on any atom is -0.497 e. The standard InChI is InChI=1S/C25H28N4O5S.C2HF3O2/c1-33-23-8-6-21-14-24(9-7-20(21)13-23)35(31,32)27-16-22-10-11-29(25(22)30)17-19-5-3-4-18(12-19)15-26-28-34-2;3-2(4,5)1(6)7/h3-9,12-15,22,27-28H,10-11,16-17H2,1-2H3;(H,6,7)/t22-;/m0./s1. The van der Waals surface area contributed by atoms with Gasteiger partial charge in [-0.15, -0.1) is 0 Å². The number of ether oxygens (including phenoxy) is 1. The maximum atomic E-state index is 12.9. The molecule has 42 heavy (non-hydrogen) atoms. The number of fused-ring (bicyclic) bond motifs is 1. The van der Waals surface area contributed by atoms with Crippen LogP contribution in [0.3, 0.4) is 0 Å². The van der Waals surface area contributed by atoms with Gasteiger partial charge in [0.2, 0.25) is 15.9 Å². The van der Waals surface area contributed by atoms with Crippen molar-refractivity contribution in [1.29, 1.82) is 0 Å². The number of alkyl halides is 3. The Morgan fingerprint density at radius 3 is 2.48 bits per heavy atom. The zero-order valence-corrected chi connectivity index (χ0v) is 23.4. The molecule has 1 atom stereocenters. The fourth-order valence-corrected chi connectivity index (χ4v) is 5.20. The second kappa shape index (κ2) is 14.1. The molecule has 3 N–H and O–H groups in total. The van der Waals surface area contributed by atoms with Gasteiger partial charge in [0.1, 0.15) is 5.75 Å². The number of carboxylic acid groups (broad SMARTS) is 1. The number of hydrogen-bond acceptors (Lipinski definition) is 8. The summed E-state index contributed by atoms with van der Waals surface area (Å²) in [5.41, 5.74) is 4.24. The number of rotatable bonds is 10. The molecule has 0 unspecified atom stereocenters. The minimum atomic E-state index is -5.08. The van der Waals surface area contributed by atoms with Gasteiger partial charge in [0, 0.05) is 19.6 Å². The van der Waals surface area contributed by atoms with Crippen LogP contribution in [0.1, 0.15) is 17.5 Å². The molecule has 11 nitrogen and oxygen atoms in total. The number of carboxylic acids is 1. The molecule has 0 saturated carbocycles. The normalized spacial score (nSPS) is 15.5. The molecule has 0 spiro atoms. The van der Waals surface area contributed by atoms with Crippen LogP contribution in [0.4, 0.5) is 13.2 Å². The summed E-state index contributed by atoms with van der Waals surface area (Å²) < 4.78 is 65.4. The quantitative estimate of drug-likeness (QED) is 0.234. The molecule has 15 heteroatoms. The molecule has 4 rings (SSSR count). The average molecular weight is 611 g/mol. The molecule has 1 fully saturated rings. The van der Waals surface area contributed by atoms with Gasteiger partial charge in [-0.05, 0) is 58.7 Å². The van der Waals surface area contributed by atoms with Gasteiger partial charge in [0.15, 0.2) is 0 Å². The summed E-state index contributed by atoms with van der Waals surface area (Å²) in [6.45, 7) is 1.09. The van der Waals surface area contributed by atoms with Crippen LogP contribution < -0.4 is 15.0 Å². The Bertz CT molecular complexity index is 1550. The average Bonchev–Trinajstić information content (AvgIpc) is 3.30. The molecule has 1 heterocycles. The fourth-order valence-electron chi connectivity index (χ4n) is 4.09. The molecule has 3 aromatic carbocycles. The first kappa shape index (κ1) is 32.3. The molecule has 1 aliphatic heterocycles. The number of likely N-dealkylation sites (tertiary alicyclic amines) is 1. The number of nitrogens with one attached hydrogen (secondary N) is 2. The number of nitrogens with zero attached hydrogens (tertiary/aromatic N) is 2. The van der Waals surface area contributed by atoms with Gasteiger partial charge in [-0.3, -0.25) is 9.63 Å². The van der Waals surface area contributed by atoms with E-state index >= 15 is 0 Å². The van der Waals surface area contributed by atoms with Crippen LogP contribution in [0.15, 0.2) is 70.7 Å². The van der Waals surface area contributed by atoms with Crippen molar-refractivity contribution in [1.82, 2.24) is 15.2 Å². The summed E-state index contributed by atoms with van der Waals surface area (Å²) in [4.78, 5) is 28.4. The van der Waals surface area contributed by atoms with E-state index in [1.54, 1.807) is 42.5 Å². The van der Waals surface area contributed by atoms with Gasteiger partial charge in [0.25, 0.3) is 0 Å². The predicted octanol–water partition coefficient (Wildman–Crippen LogP) is 3.29. The van der Waals surface area contributed by atoms with Gasteiger partial charge in [0.05, 0.1) is 31.2 Å². The lowest BCUT2D eigenvalue weighted by atomic mass is 10.1. The molecule has 0 aromatic heterocycles. The minimum absolute atomic E-state index is 0.0570. The van der Waals surface area contributed by atoms with E-state index in [-0.39, 0.29) is 17.3 Å². The number of halogens is 3. The van der Waals surface area contributed by atoms with Crippen molar-refractivity contribution >= 4 is 38.9 Å². The summed E-state index contributed by atoms with van der Waals surface area (Å²) in [6.07, 6.45) is -2.86. The summed E-state index contributed by atoms with van der Waals surface area (Å²) >= 11 is 0. The van der Waals surface area contributed by atoms with Crippen LogP contribution in [-0.2, 0) is 31.0 Å². The number of amides is 1. The highest BCUT2D eigenvalue weighted by Crippen LogP contribution is 2.25. The smallest absolute Gasteiger partial charge is 0.490 e. The number of carbonyl (C=O) groups is 2. The van der Waals surface area contributed by atoms with Crippen molar-refractivity contribution < 1.29 is 45.9 Å². The second-order valence-corrected chi connectivity index (χ2v) is 10.8. The van der Waals surface area contributed by atoms with E-state index < -0.39 is 28.1 Å². The number of aliphatic carboxylic acids is 1. The van der Waals surface area contributed by atoms with E-state index in [1.807, 2.05) is 36.4 Å². The molecular weight excluding hydrogens is 581 g/mol. The van der Waals surface area contributed by atoms with Gasteiger partial charge in [-0.25, -0.2) is 17.9 Å². The van der Waals surface area contributed by atoms with Crippen LogP contribution in [-0.4, -0.2) is 70.0 Å². The van der Waals surface area contributed by atoms with E-state index in [0.29, 0.717) is 25.3 Å². The number of sulfonamides is 1. The molecule has 3 aromatic rings. The van der Waals surface area contributed by atoms with E-state index in [4.69, 9.17) is 14.6 Å². The first-order valence-electron chi connectivity index (χ1n) is 12.4. The summed E-state index contributed by atoms with van der Waals surface area (Å²) in [5.74, 6) is -2.51. The van der Waals surface area contributed by atoms with Gasteiger partial charge in [-0.2, -0.15) is 23.9 Å². The lowest BCUT2D eigenvalue weighted by Crippen LogP contribution is -2.34. The highest BCUT2D eigenvalue weighted by molar-refractivity contribution is 7.89. The molecule has 0 radical (unpaired) electrons. The zero-order valence-electron chi connectivity index (χ0n) is 22.6. The predicted molar refractivity (Wildman–Crippen MR) is 147 cm³/mol. The largest absolute Gasteiger partial charge is 0.497 e. The number of hydrazone groups is 1. The monoisotopic (exact) mass is 610 g/mol. The van der Waals surface area contributed by atoms with Crippen molar-refractivity contribution in [3.05, 3.63) is 71.8 Å². The lowest BCUT2D eigenvalue weighted by molar-refractivity contribution is -0.192. The summed E-state index contributed by atoms with van der Waals surface area (Å²) in [5, 5.41) is 12.7. The third kappa shape index (κ3) is 8.89. The Labute approximate surface area is 239 Å². The highest BCUT2D eigenvalue weighted by Gasteiger charge is 2.38. The van der Waals surface area contributed by atoms with Crippen LogP contribution in [0.25, 0.3) is 10.8 Å². The van der Waals surface area contributed by atoms with E-state index in [9.17, 15) is 26.4 Å².